The van der Waals surface area contributed by atoms with Gasteiger partial charge in [-0.15, -0.1) is 11.3 Å². The van der Waals surface area contributed by atoms with E-state index in [1.807, 2.05) is 11.3 Å². The van der Waals surface area contributed by atoms with Crippen LogP contribution in [-0.2, 0) is 6.54 Å². The third-order valence-electron chi connectivity index (χ3n) is 2.61. The lowest BCUT2D eigenvalue weighted by Gasteiger charge is -2.06. The second-order valence-corrected chi connectivity index (χ2v) is 5.32. The number of fused-ring (bicyclic) bond motifs is 1. The molecule has 0 radical (unpaired) electrons. The highest BCUT2D eigenvalue weighted by molar-refractivity contribution is 7.19. The van der Waals surface area contributed by atoms with Gasteiger partial charge in [0.15, 0.2) is 0 Å². The molecule has 1 N–H and O–H groups in total. The summed E-state index contributed by atoms with van der Waals surface area (Å²) in [5, 5.41) is 4.88. The van der Waals surface area contributed by atoms with Gasteiger partial charge in [-0.3, -0.25) is 0 Å². The molecule has 1 nitrogen and oxygen atoms in total. The third-order valence-corrected chi connectivity index (χ3v) is 3.89. The van der Waals surface area contributed by atoms with Crippen molar-refractivity contribution in [3.63, 3.8) is 0 Å². The summed E-state index contributed by atoms with van der Waals surface area (Å²) in [5.74, 6) is 0. The van der Waals surface area contributed by atoms with Gasteiger partial charge in [-0.25, -0.2) is 0 Å². The molecule has 15 heavy (non-hydrogen) atoms. The summed E-state index contributed by atoms with van der Waals surface area (Å²) in [4.78, 5) is 1.46. The van der Waals surface area contributed by atoms with E-state index in [-0.39, 0.29) is 0 Å². The molecule has 0 atom stereocenters. The Morgan fingerprint density at radius 3 is 2.67 bits per heavy atom. The van der Waals surface area contributed by atoms with Crippen LogP contribution in [0.15, 0.2) is 24.3 Å². The quantitative estimate of drug-likeness (QED) is 0.830. The highest BCUT2D eigenvalue weighted by atomic mass is 32.1. The van der Waals surface area contributed by atoms with Crippen LogP contribution in [0.4, 0.5) is 0 Å². The molecule has 0 bridgehead atoms. The van der Waals surface area contributed by atoms with E-state index in [0.29, 0.717) is 6.04 Å². The van der Waals surface area contributed by atoms with E-state index in [9.17, 15) is 0 Å². The van der Waals surface area contributed by atoms with Gasteiger partial charge in [0, 0.05) is 22.2 Å². The van der Waals surface area contributed by atoms with Gasteiger partial charge in [-0.1, -0.05) is 32.0 Å². The molecule has 0 unspecified atom stereocenters. The van der Waals surface area contributed by atoms with Crippen LogP contribution < -0.4 is 5.32 Å². The van der Waals surface area contributed by atoms with Gasteiger partial charge in [-0.05, 0) is 23.9 Å². The van der Waals surface area contributed by atoms with Crippen molar-refractivity contribution in [1.29, 1.82) is 0 Å². The Balaban J connectivity index is 2.32. The Kier molecular flexibility index (Phi) is 3.08. The van der Waals surface area contributed by atoms with Gasteiger partial charge in [0.05, 0.1) is 0 Å². The van der Waals surface area contributed by atoms with Gasteiger partial charge in [-0.2, -0.15) is 0 Å². The predicted octanol–water partition coefficient (Wildman–Crippen LogP) is 3.71. The summed E-state index contributed by atoms with van der Waals surface area (Å²) >= 11 is 1.90. The molecule has 1 aromatic heterocycles. The van der Waals surface area contributed by atoms with E-state index in [1.165, 1.54) is 20.5 Å². The zero-order valence-electron chi connectivity index (χ0n) is 9.50. The molecule has 0 aliphatic carbocycles. The van der Waals surface area contributed by atoms with E-state index in [4.69, 9.17) is 0 Å². The van der Waals surface area contributed by atoms with Crippen molar-refractivity contribution >= 4 is 21.4 Å². The van der Waals surface area contributed by atoms with Crippen LogP contribution in [0.1, 0.15) is 24.3 Å². The topological polar surface area (TPSA) is 12.0 Å². The molecule has 2 heteroatoms. The molecule has 1 heterocycles. The Morgan fingerprint density at radius 2 is 2.00 bits per heavy atom. The van der Waals surface area contributed by atoms with E-state index >= 15 is 0 Å². The number of rotatable bonds is 3. The van der Waals surface area contributed by atoms with E-state index in [1.54, 1.807) is 0 Å². The van der Waals surface area contributed by atoms with Crippen molar-refractivity contribution in [2.24, 2.45) is 0 Å². The second-order valence-electron chi connectivity index (χ2n) is 4.18. The molecule has 1 aromatic carbocycles. The van der Waals surface area contributed by atoms with Crippen molar-refractivity contribution < 1.29 is 0 Å². The zero-order valence-corrected chi connectivity index (χ0v) is 10.3. The average molecular weight is 219 g/mol. The fraction of sp³-hybridized carbons (Fsp3) is 0.385. The van der Waals surface area contributed by atoms with Crippen LogP contribution in [0.25, 0.3) is 10.1 Å². The van der Waals surface area contributed by atoms with Gasteiger partial charge in [0.2, 0.25) is 0 Å². The van der Waals surface area contributed by atoms with Crippen molar-refractivity contribution in [3.05, 3.63) is 34.7 Å². The SMILES string of the molecule is Cc1c(CNC(C)C)sc2ccccc12. The van der Waals surface area contributed by atoms with Gasteiger partial charge < -0.3 is 5.32 Å². The van der Waals surface area contributed by atoms with Crippen molar-refractivity contribution in [3.8, 4) is 0 Å². The number of nitrogens with one attached hydrogen (secondary N) is 1. The number of hydrogen-bond donors (Lipinski definition) is 1. The monoisotopic (exact) mass is 219 g/mol. The highest BCUT2D eigenvalue weighted by Crippen LogP contribution is 2.30. The first-order valence-electron chi connectivity index (χ1n) is 5.39. The zero-order chi connectivity index (χ0) is 10.8. The third kappa shape index (κ3) is 2.21. The van der Waals surface area contributed by atoms with Crippen LogP contribution >= 0.6 is 11.3 Å². The first kappa shape index (κ1) is 10.7. The van der Waals surface area contributed by atoms with E-state index in [0.717, 1.165) is 6.54 Å². The fourth-order valence-electron chi connectivity index (χ4n) is 1.69. The van der Waals surface area contributed by atoms with Crippen LogP contribution in [0.2, 0.25) is 0 Å². The van der Waals surface area contributed by atoms with Gasteiger partial charge in [0.25, 0.3) is 0 Å². The standard InChI is InChI=1S/C13H17NS/c1-9(2)14-8-13-10(3)11-6-4-5-7-12(11)15-13/h4-7,9,14H,8H2,1-3H3. The summed E-state index contributed by atoms with van der Waals surface area (Å²) in [5.41, 5.74) is 1.43. The van der Waals surface area contributed by atoms with Crippen molar-refractivity contribution in [1.82, 2.24) is 5.32 Å². The Bertz CT molecular complexity index is 457. The van der Waals surface area contributed by atoms with Crippen molar-refractivity contribution in [2.75, 3.05) is 0 Å². The van der Waals surface area contributed by atoms with Crippen molar-refractivity contribution in [2.45, 2.75) is 33.4 Å². The maximum Gasteiger partial charge on any atom is 0.0348 e. The Morgan fingerprint density at radius 1 is 1.27 bits per heavy atom. The van der Waals surface area contributed by atoms with E-state index < -0.39 is 0 Å². The van der Waals surface area contributed by atoms with Crippen LogP contribution in [0.5, 0.6) is 0 Å². The fourth-order valence-corrected chi connectivity index (χ4v) is 2.85. The minimum absolute atomic E-state index is 0.551. The molecule has 80 valence electrons. The van der Waals surface area contributed by atoms with Crippen LogP contribution in [0, 0.1) is 6.92 Å². The second kappa shape index (κ2) is 4.33. The lowest BCUT2D eigenvalue weighted by Crippen LogP contribution is -2.21. The molecule has 0 amide bonds. The summed E-state index contributed by atoms with van der Waals surface area (Å²) in [6.45, 7) is 7.57. The Labute approximate surface area is 95.1 Å². The normalized spacial score (nSPS) is 11.5. The average Bonchev–Trinajstić information content (AvgIpc) is 2.54. The molecule has 0 fully saturated rings. The number of thiophene rings is 1. The summed E-state index contributed by atoms with van der Waals surface area (Å²) in [6.07, 6.45) is 0. The molecule has 2 aromatic rings. The molecule has 0 aliphatic heterocycles. The van der Waals surface area contributed by atoms with Gasteiger partial charge >= 0.3 is 0 Å². The minimum Gasteiger partial charge on any atom is -0.310 e. The first-order chi connectivity index (χ1) is 7.18. The van der Waals surface area contributed by atoms with Gasteiger partial charge in [0.1, 0.15) is 0 Å². The van der Waals surface area contributed by atoms with Crippen LogP contribution in [-0.4, -0.2) is 6.04 Å². The van der Waals surface area contributed by atoms with Crippen LogP contribution in [0.3, 0.4) is 0 Å². The molecule has 0 saturated carbocycles. The molecule has 2 rings (SSSR count). The molecule has 0 aliphatic rings. The first-order valence-corrected chi connectivity index (χ1v) is 6.20. The number of hydrogen-bond acceptors (Lipinski definition) is 2. The molecular weight excluding hydrogens is 202 g/mol. The summed E-state index contributed by atoms with van der Waals surface area (Å²) in [7, 11) is 0. The Hall–Kier alpha value is -0.860. The lowest BCUT2D eigenvalue weighted by atomic mass is 10.1. The molecule has 0 saturated heterocycles. The molecular formula is C13H17NS. The predicted molar refractivity (Wildman–Crippen MR) is 68.5 cm³/mol. The highest BCUT2D eigenvalue weighted by Gasteiger charge is 2.07. The largest absolute Gasteiger partial charge is 0.310 e. The number of aryl methyl sites for hydroxylation is 1. The smallest absolute Gasteiger partial charge is 0.0348 e. The molecule has 0 spiro atoms. The maximum absolute atomic E-state index is 3.47. The van der Waals surface area contributed by atoms with E-state index in [2.05, 4.69) is 50.4 Å². The summed E-state index contributed by atoms with van der Waals surface area (Å²) < 4.78 is 1.40. The maximum atomic E-state index is 3.47. The lowest BCUT2D eigenvalue weighted by molar-refractivity contribution is 0.592. The number of benzene rings is 1. The minimum atomic E-state index is 0.551. The summed E-state index contributed by atoms with van der Waals surface area (Å²) in [6, 6.07) is 9.18.